The molecule has 0 saturated carbocycles. The van der Waals surface area contributed by atoms with Crippen LogP contribution in [0.2, 0.25) is 0 Å². The first kappa shape index (κ1) is 12.1. The Labute approximate surface area is 107 Å². The molecule has 3 nitrogen and oxygen atoms in total. The Morgan fingerprint density at radius 2 is 2.29 bits per heavy atom. The number of nitrogens with one attached hydrogen (secondary N) is 1. The lowest BCUT2D eigenvalue weighted by Gasteiger charge is -2.03. The second-order valence-electron chi connectivity index (χ2n) is 3.22. The minimum Gasteiger partial charge on any atom is -0.494 e. The molecule has 1 aliphatic rings. The fourth-order valence-electron chi connectivity index (χ4n) is 1.36. The van der Waals surface area contributed by atoms with E-state index < -0.39 is 5.82 Å². The highest BCUT2D eigenvalue weighted by Crippen LogP contribution is 2.28. The number of ether oxygens (including phenoxy) is 1. The van der Waals surface area contributed by atoms with Gasteiger partial charge in [-0.25, -0.2) is 4.39 Å². The van der Waals surface area contributed by atoms with E-state index in [2.05, 4.69) is 5.32 Å². The average molecular weight is 269 g/mol. The number of carbonyl (C=O) groups excluding carboxylic acids is 1. The van der Waals surface area contributed by atoms with Crippen molar-refractivity contribution in [3.63, 3.8) is 0 Å². The molecule has 1 aromatic carbocycles. The number of carbonyl (C=O) groups is 1. The lowest BCUT2D eigenvalue weighted by atomic mass is 10.2. The van der Waals surface area contributed by atoms with E-state index in [1.54, 1.807) is 12.1 Å². The molecule has 1 fully saturated rings. The van der Waals surface area contributed by atoms with E-state index >= 15 is 0 Å². The summed E-state index contributed by atoms with van der Waals surface area (Å²) >= 11 is 5.96. The molecule has 0 spiro atoms. The normalized spacial score (nSPS) is 17.4. The zero-order valence-corrected chi connectivity index (χ0v) is 10.5. The zero-order valence-electron chi connectivity index (χ0n) is 8.82. The summed E-state index contributed by atoms with van der Waals surface area (Å²) in [5.41, 5.74) is 0.298. The molecule has 88 valence electrons. The van der Waals surface area contributed by atoms with Crippen LogP contribution in [-0.2, 0) is 4.79 Å². The molecule has 6 heteroatoms. The topological polar surface area (TPSA) is 38.3 Å². The molecular weight excluding hydrogens is 261 g/mol. The van der Waals surface area contributed by atoms with Gasteiger partial charge in [0.15, 0.2) is 11.6 Å². The Morgan fingerprint density at radius 3 is 2.88 bits per heavy atom. The Morgan fingerprint density at radius 1 is 1.53 bits per heavy atom. The summed E-state index contributed by atoms with van der Waals surface area (Å²) in [4.78, 5) is 11.8. The van der Waals surface area contributed by atoms with Gasteiger partial charge in [0.25, 0.3) is 5.91 Å². The van der Waals surface area contributed by atoms with Crippen LogP contribution in [0.15, 0.2) is 23.1 Å². The lowest BCUT2D eigenvalue weighted by Crippen LogP contribution is -2.17. The largest absolute Gasteiger partial charge is 0.494 e. The third-order valence-electron chi connectivity index (χ3n) is 2.14. The molecule has 0 radical (unpaired) electrons. The standard InChI is InChI=1S/C11H8FNO2S2/c1-15-7-4-2-3-6(9(7)12)5-8-10(14)13-11(16)17-8/h2-5H,1H3,(H,13,14,16)/b8-5-. The number of halogens is 1. The summed E-state index contributed by atoms with van der Waals surface area (Å²) in [6.45, 7) is 0. The van der Waals surface area contributed by atoms with Crippen LogP contribution in [-0.4, -0.2) is 17.3 Å². The number of hydrogen-bond acceptors (Lipinski definition) is 4. The highest BCUT2D eigenvalue weighted by Gasteiger charge is 2.22. The molecule has 0 unspecified atom stereocenters. The second-order valence-corrected chi connectivity index (χ2v) is 4.93. The minimum atomic E-state index is -0.492. The molecule has 1 aliphatic heterocycles. The van der Waals surface area contributed by atoms with Crippen molar-refractivity contribution in [1.82, 2.24) is 5.32 Å². The van der Waals surface area contributed by atoms with Gasteiger partial charge in [-0.05, 0) is 12.1 Å². The van der Waals surface area contributed by atoms with Gasteiger partial charge in [0, 0.05) is 5.56 Å². The first-order valence-corrected chi connectivity index (χ1v) is 5.91. The van der Waals surface area contributed by atoms with E-state index in [1.807, 2.05) is 0 Å². The highest BCUT2D eigenvalue weighted by molar-refractivity contribution is 8.26. The Kier molecular flexibility index (Phi) is 3.44. The monoisotopic (exact) mass is 269 g/mol. The molecule has 17 heavy (non-hydrogen) atoms. The summed E-state index contributed by atoms with van der Waals surface area (Å²) in [5.74, 6) is -0.652. The van der Waals surface area contributed by atoms with Crippen LogP contribution in [0.4, 0.5) is 4.39 Å². The summed E-state index contributed by atoms with van der Waals surface area (Å²) in [5, 5.41) is 2.47. The number of thioether (sulfide) groups is 1. The van der Waals surface area contributed by atoms with Gasteiger partial charge in [0.05, 0.1) is 12.0 Å². The highest BCUT2D eigenvalue weighted by atomic mass is 32.2. The lowest BCUT2D eigenvalue weighted by molar-refractivity contribution is -0.115. The van der Waals surface area contributed by atoms with Crippen LogP contribution in [0.25, 0.3) is 6.08 Å². The van der Waals surface area contributed by atoms with Gasteiger partial charge in [-0.3, -0.25) is 4.79 Å². The number of rotatable bonds is 2. The Hall–Kier alpha value is -1.40. The van der Waals surface area contributed by atoms with E-state index in [4.69, 9.17) is 17.0 Å². The molecule has 0 atom stereocenters. The van der Waals surface area contributed by atoms with E-state index in [9.17, 15) is 9.18 Å². The third kappa shape index (κ3) is 2.48. The molecule has 0 aliphatic carbocycles. The molecular formula is C11H8FNO2S2. The number of hydrogen-bond donors (Lipinski definition) is 1. The molecule has 1 heterocycles. The molecule has 2 rings (SSSR count). The Bertz CT molecular complexity index is 528. The van der Waals surface area contributed by atoms with Crippen LogP contribution in [0.3, 0.4) is 0 Å². The maximum absolute atomic E-state index is 13.8. The predicted molar refractivity (Wildman–Crippen MR) is 69.3 cm³/mol. The van der Waals surface area contributed by atoms with Crippen LogP contribution in [0, 0.1) is 5.82 Å². The summed E-state index contributed by atoms with van der Waals surface area (Å²) in [7, 11) is 1.39. The van der Waals surface area contributed by atoms with Crippen molar-refractivity contribution in [1.29, 1.82) is 0 Å². The molecule has 1 N–H and O–H groups in total. The van der Waals surface area contributed by atoms with Crippen molar-refractivity contribution < 1.29 is 13.9 Å². The quantitative estimate of drug-likeness (QED) is 0.660. The van der Waals surface area contributed by atoms with Crippen LogP contribution in [0.5, 0.6) is 5.75 Å². The predicted octanol–water partition coefficient (Wildman–Crippen LogP) is 2.32. The van der Waals surface area contributed by atoms with Crippen LogP contribution >= 0.6 is 24.0 Å². The summed E-state index contributed by atoms with van der Waals surface area (Å²) < 4.78 is 19.0. The number of amides is 1. The van der Waals surface area contributed by atoms with E-state index in [1.165, 1.54) is 19.3 Å². The first-order valence-electron chi connectivity index (χ1n) is 4.69. The average Bonchev–Trinajstić information content (AvgIpc) is 2.60. The molecule has 0 aromatic heterocycles. The van der Waals surface area contributed by atoms with E-state index in [0.717, 1.165) is 11.8 Å². The van der Waals surface area contributed by atoms with Gasteiger partial charge in [-0.1, -0.05) is 36.1 Å². The van der Waals surface area contributed by atoms with Gasteiger partial charge in [0.2, 0.25) is 0 Å². The molecule has 0 bridgehead atoms. The zero-order chi connectivity index (χ0) is 12.4. The van der Waals surface area contributed by atoms with E-state index in [-0.39, 0.29) is 11.7 Å². The smallest absolute Gasteiger partial charge is 0.263 e. The minimum absolute atomic E-state index is 0.144. The number of methoxy groups -OCH3 is 1. The molecule has 1 amide bonds. The van der Waals surface area contributed by atoms with Crippen molar-refractivity contribution in [2.75, 3.05) is 7.11 Å². The van der Waals surface area contributed by atoms with Gasteiger partial charge < -0.3 is 10.1 Å². The summed E-state index contributed by atoms with van der Waals surface area (Å²) in [6.07, 6.45) is 1.46. The Balaban J connectivity index is 2.39. The maximum Gasteiger partial charge on any atom is 0.263 e. The van der Waals surface area contributed by atoms with Crippen molar-refractivity contribution in [3.05, 3.63) is 34.5 Å². The fourth-order valence-corrected chi connectivity index (χ4v) is 2.39. The maximum atomic E-state index is 13.8. The van der Waals surface area contributed by atoms with Gasteiger partial charge in [-0.15, -0.1) is 0 Å². The van der Waals surface area contributed by atoms with Crippen molar-refractivity contribution in [2.24, 2.45) is 0 Å². The van der Waals surface area contributed by atoms with Crippen LogP contribution in [0.1, 0.15) is 5.56 Å². The van der Waals surface area contributed by atoms with Gasteiger partial charge in [0.1, 0.15) is 4.32 Å². The van der Waals surface area contributed by atoms with Gasteiger partial charge in [-0.2, -0.15) is 0 Å². The van der Waals surface area contributed by atoms with Crippen molar-refractivity contribution in [3.8, 4) is 5.75 Å². The second kappa shape index (κ2) is 4.85. The first-order chi connectivity index (χ1) is 8.11. The SMILES string of the molecule is COc1cccc(/C=C2\SC(=S)NC2=O)c1F. The van der Waals surface area contributed by atoms with Crippen molar-refractivity contribution in [2.45, 2.75) is 0 Å². The van der Waals surface area contributed by atoms with Crippen molar-refractivity contribution >= 4 is 40.3 Å². The van der Waals surface area contributed by atoms with Crippen LogP contribution < -0.4 is 10.1 Å². The molecule has 1 aromatic rings. The number of benzene rings is 1. The molecule has 1 saturated heterocycles. The fraction of sp³-hybridized carbons (Fsp3) is 0.0909. The van der Waals surface area contributed by atoms with E-state index in [0.29, 0.717) is 14.8 Å². The third-order valence-corrected chi connectivity index (χ3v) is 3.30. The number of thiocarbonyl (C=S) groups is 1. The summed E-state index contributed by atoms with van der Waals surface area (Å²) in [6, 6.07) is 4.74. The van der Waals surface area contributed by atoms with Gasteiger partial charge >= 0.3 is 0 Å².